The lowest BCUT2D eigenvalue weighted by Crippen LogP contribution is -2.06. The third kappa shape index (κ3) is 6.90. The molecule has 0 radical (unpaired) electrons. The summed E-state index contributed by atoms with van der Waals surface area (Å²) in [6, 6.07) is 0. The Morgan fingerprint density at radius 3 is 2.73 bits per heavy atom. The van der Waals surface area contributed by atoms with Crippen LogP contribution in [-0.4, -0.2) is 12.8 Å². The molecule has 0 spiro atoms. The Hall–Kier alpha value is -0.990. The van der Waals surface area contributed by atoms with Crippen LogP contribution in [0.15, 0.2) is 12.8 Å². The minimum absolute atomic E-state index is 0.407. The van der Waals surface area contributed by atoms with E-state index in [4.69, 9.17) is 0 Å². The molecule has 0 aliphatic carbocycles. The summed E-state index contributed by atoms with van der Waals surface area (Å²) in [6.45, 7) is 7.74. The van der Waals surface area contributed by atoms with Gasteiger partial charge in [0.25, 0.3) is 0 Å². The van der Waals surface area contributed by atoms with Gasteiger partial charge in [-0.05, 0) is 12.3 Å². The first kappa shape index (κ1) is 10.0. The van der Waals surface area contributed by atoms with E-state index in [0.717, 1.165) is 12.7 Å². The van der Waals surface area contributed by atoms with Crippen molar-refractivity contribution in [3.63, 3.8) is 0 Å². The quantitative estimate of drug-likeness (QED) is 0.465. The standard InChI is InChI=1S/C8H14O3/c1-4-10-8(9)11-6-5-7(2)3/h4,7H,1,5-6H2,2-3H3. The number of carbonyl (C=O) groups is 1. The van der Waals surface area contributed by atoms with Gasteiger partial charge in [-0.3, -0.25) is 0 Å². The van der Waals surface area contributed by atoms with Gasteiger partial charge in [-0.15, -0.1) is 0 Å². The van der Waals surface area contributed by atoms with E-state index < -0.39 is 6.16 Å². The van der Waals surface area contributed by atoms with Crippen LogP contribution in [0.1, 0.15) is 20.3 Å². The van der Waals surface area contributed by atoms with E-state index in [1.54, 1.807) is 0 Å². The summed E-state index contributed by atoms with van der Waals surface area (Å²) in [7, 11) is 0. The molecule has 0 unspecified atom stereocenters. The Morgan fingerprint density at radius 2 is 2.27 bits per heavy atom. The van der Waals surface area contributed by atoms with Crippen LogP contribution in [0, 0.1) is 5.92 Å². The van der Waals surface area contributed by atoms with E-state index in [0.29, 0.717) is 12.5 Å². The van der Waals surface area contributed by atoms with Gasteiger partial charge in [0.15, 0.2) is 0 Å². The van der Waals surface area contributed by atoms with Gasteiger partial charge in [0.2, 0.25) is 0 Å². The predicted octanol–water partition coefficient (Wildman–Crippen LogP) is 2.33. The zero-order valence-electron chi connectivity index (χ0n) is 7.00. The largest absolute Gasteiger partial charge is 0.513 e. The lowest BCUT2D eigenvalue weighted by Gasteiger charge is -2.04. The topological polar surface area (TPSA) is 35.5 Å². The molecule has 0 N–H and O–H groups in total. The highest BCUT2D eigenvalue weighted by Crippen LogP contribution is 1.99. The number of hydrogen-bond donors (Lipinski definition) is 0. The molecular weight excluding hydrogens is 144 g/mol. The summed E-state index contributed by atoms with van der Waals surface area (Å²) in [4.78, 5) is 10.5. The number of ether oxygens (including phenoxy) is 2. The maximum atomic E-state index is 10.5. The van der Waals surface area contributed by atoms with Crippen molar-refractivity contribution in [1.82, 2.24) is 0 Å². The lowest BCUT2D eigenvalue weighted by molar-refractivity contribution is 0.0812. The molecule has 11 heavy (non-hydrogen) atoms. The summed E-state index contributed by atoms with van der Waals surface area (Å²) in [5.74, 6) is 0.534. The van der Waals surface area contributed by atoms with Gasteiger partial charge in [-0.25, -0.2) is 4.79 Å². The van der Waals surface area contributed by atoms with Gasteiger partial charge in [0.1, 0.15) is 0 Å². The van der Waals surface area contributed by atoms with E-state index in [1.807, 2.05) is 0 Å². The van der Waals surface area contributed by atoms with Crippen molar-refractivity contribution in [2.45, 2.75) is 20.3 Å². The van der Waals surface area contributed by atoms with Crippen LogP contribution >= 0.6 is 0 Å². The molecule has 64 valence electrons. The second kappa shape index (κ2) is 5.77. The van der Waals surface area contributed by atoms with Crippen LogP contribution in [0.4, 0.5) is 4.79 Å². The van der Waals surface area contributed by atoms with Crippen LogP contribution < -0.4 is 0 Å². The molecular formula is C8H14O3. The Labute approximate surface area is 67.0 Å². The highest BCUT2D eigenvalue weighted by atomic mass is 16.7. The van der Waals surface area contributed by atoms with Crippen molar-refractivity contribution in [3.8, 4) is 0 Å². The third-order valence-corrected chi connectivity index (χ3v) is 1.09. The molecule has 0 aromatic rings. The van der Waals surface area contributed by atoms with Crippen LogP contribution in [0.3, 0.4) is 0 Å². The summed E-state index contributed by atoms with van der Waals surface area (Å²) >= 11 is 0. The van der Waals surface area contributed by atoms with Gasteiger partial charge in [-0.2, -0.15) is 0 Å². The first-order chi connectivity index (χ1) is 5.16. The van der Waals surface area contributed by atoms with Crippen molar-refractivity contribution in [1.29, 1.82) is 0 Å². The molecule has 0 saturated carbocycles. The zero-order chi connectivity index (χ0) is 8.69. The smallest absolute Gasteiger partial charge is 0.434 e. The molecule has 3 nitrogen and oxygen atoms in total. The molecule has 0 heterocycles. The summed E-state index contributed by atoms with van der Waals surface area (Å²) < 4.78 is 8.99. The molecule has 0 fully saturated rings. The van der Waals surface area contributed by atoms with Crippen molar-refractivity contribution in [2.24, 2.45) is 5.92 Å². The molecule has 0 bridgehead atoms. The maximum absolute atomic E-state index is 10.5. The minimum atomic E-state index is -0.680. The van der Waals surface area contributed by atoms with Crippen molar-refractivity contribution < 1.29 is 14.3 Å². The Bertz CT molecular complexity index is 129. The summed E-state index contributed by atoms with van der Waals surface area (Å²) in [5.41, 5.74) is 0. The van der Waals surface area contributed by atoms with Gasteiger partial charge in [-0.1, -0.05) is 20.4 Å². The average molecular weight is 158 g/mol. The molecule has 0 aromatic heterocycles. The van der Waals surface area contributed by atoms with Crippen molar-refractivity contribution >= 4 is 6.16 Å². The number of rotatable bonds is 4. The summed E-state index contributed by atoms with van der Waals surface area (Å²) in [6.07, 6.45) is 1.23. The molecule has 0 amide bonds. The van der Waals surface area contributed by atoms with Crippen LogP contribution in [0.2, 0.25) is 0 Å². The Balaban J connectivity index is 3.24. The normalized spacial score (nSPS) is 9.36. The fourth-order valence-electron chi connectivity index (χ4n) is 0.480. The van der Waals surface area contributed by atoms with Crippen molar-refractivity contribution in [2.75, 3.05) is 6.61 Å². The second-order valence-electron chi connectivity index (χ2n) is 2.57. The highest BCUT2D eigenvalue weighted by molar-refractivity contribution is 5.60. The Morgan fingerprint density at radius 1 is 1.64 bits per heavy atom. The number of hydrogen-bond acceptors (Lipinski definition) is 3. The third-order valence-electron chi connectivity index (χ3n) is 1.09. The fraction of sp³-hybridized carbons (Fsp3) is 0.625. The Kier molecular flexibility index (Phi) is 5.25. The molecule has 0 saturated heterocycles. The SMILES string of the molecule is C=COC(=O)OCCC(C)C. The summed E-state index contributed by atoms with van der Waals surface area (Å²) in [5, 5.41) is 0. The fourth-order valence-corrected chi connectivity index (χ4v) is 0.480. The predicted molar refractivity (Wildman–Crippen MR) is 42.1 cm³/mol. The number of carbonyl (C=O) groups excluding carboxylic acids is 1. The van der Waals surface area contributed by atoms with Gasteiger partial charge < -0.3 is 9.47 Å². The van der Waals surface area contributed by atoms with E-state index in [-0.39, 0.29) is 0 Å². The van der Waals surface area contributed by atoms with E-state index in [9.17, 15) is 4.79 Å². The van der Waals surface area contributed by atoms with Gasteiger partial charge >= 0.3 is 6.16 Å². The van der Waals surface area contributed by atoms with E-state index in [1.165, 1.54) is 0 Å². The average Bonchev–Trinajstić information content (AvgIpc) is 1.87. The van der Waals surface area contributed by atoms with Gasteiger partial charge in [0.05, 0.1) is 12.9 Å². The first-order valence-corrected chi connectivity index (χ1v) is 3.61. The molecule has 3 heteroatoms. The van der Waals surface area contributed by atoms with Crippen molar-refractivity contribution in [3.05, 3.63) is 12.8 Å². The molecule has 0 aliphatic heterocycles. The monoisotopic (exact) mass is 158 g/mol. The van der Waals surface area contributed by atoms with E-state index in [2.05, 4.69) is 29.9 Å². The molecule has 0 aliphatic rings. The molecule has 0 atom stereocenters. The molecule has 0 rings (SSSR count). The van der Waals surface area contributed by atoms with Gasteiger partial charge in [0, 0.05) is 0 Å². The van der Waals surface area contributed by atoms with E-state index >= 15 is 0 Å². The second-order valence-corrected chi connectivity index (χ2v) is 2.57. The van der Waals surface area contributed by atoms with Crippen LogP contribution in [0.25, 0.3) is 0 Å². The lowest BCUT2D eigenvalue weighted by atomic mass is 10.1. The molecule has 0 aromatic carbocycles. The minimum Gasteiger partial charge on any atom is -0.434 e. The maximum Gasteiger partial charge on any atom is 0.513 e. The highest BCUT2D eigenvalue weighted by Gasteiger charge is 2.01. The van der Waals surface area contributed by atoms with Crippen LogP contribution in [-0.2, 0) is 9.47 Å². The first-order valence-electron chi connectivity index (χ1n) is 3.61. The van der Waals surface area contributed by atoms with Crippen LogP contribution in [0.5, 0.6) is 0 Å². The zero-order valence-corrected chi connectivity index (χ0v) is 7.00.